The molecule has 1 N–H and O–H groups in total. The van der Waals surface area contributed by atoms with Crippen LogP contribution in [0, 0.1) is 11.6 Å². The molecule has 4 heteroatoms. The van der Waals surface area contributed by atoms with Crippen LogP contribution in [0.1, 0.15) is 24.9 Å². The van der Waals surface area contributed by atoms with Crippen molar-refractivity contribution in [2.24, 2.45) is 0 Å². The molecule has 0 aliphatic rings. The second kappa shape index (κ2) is 5.92. The van der Waals surface area contributed by atoms with E-state index in [1.54, 1.807) is 0 Å². The maximum atomic E-state index is 13.5. The smallest absolute Gasteiger partial charge is 0.128 e. The third kappa shape index (κ3) is 3.25. The van der Waals surface area contributed by atoms with Crippen molar-refractivity contribution in [1.82, 2.24) is 4.90 Å². The van der Waals surface area contributed by atoms with Crippen LogP contribution in [0.5, 0.6) is 0 Å². The van der Waals surface area contributed by atoms with Crippen LogP contribution >= 0.6 is 0 Å². The zero-order valence-electron chi connectivity index (χ0n) is 9.58. The molecule has 0 aliphatic carbocycles. The molecule has 0 radical (unpaired) electrons. The van der Waals surface area contributed by atoms with E-state index in [4.69, 9.17) is 5.11 Å². The summed E-state index contributed by atoms with van der Waals surface area (Å²) < 4.78 is 26.5. The number of nitrogens with zero attached hydrogens (tertiary/aromatic N) is 1. The first kappa shape index (κ1) is 13.1. The standard InChI is InChI=1S/C12H17F2NO/c1-9(15(2)6-3-7-16)11-8-10(13)4-5-12(11)14/h4-5,8-9,16H,3,6-7H2,1-2H3. The Balaban J connectivity index is 2.78. The predicted octanol–water partition coefficient (Wildman–Crippen LogP) is 2.34. The van der Waals surface area contributed by atoms with E-state index in [1.807, 2.05) is 18.9 Å². The molecule has 1 unspecified atom stereocenters. The number of hydrogen-bond acceptors (Lipinski definition) is 2. The molecular weight excluding hydrogens is 212 g/mol. The fourth-order valence-corrected chi connectivity index (χ4v) is 1.59. The highest BCUT2D eigenvalue weighted by Crippen LogP contribution is 2.22. The number of aliphatic hydroxyl groups is 1. The van der Waals surface area contributed by atoms with Crippen LogP contribution in [0.2, 0.25) is 0 Å². The Kier molecular flexibility index (Phi) is 4.83. The largest absolute Gasteiger partial charge is 0.396 e. The number of hydrogen-bond donors (Lipinski definition) is 1. The van der Waals surface area contributed by atoms with Gasteiger partial charge in [-0.1, -0.05) is 0 Å². The van der Waals surface area contributed by atoms with E-state index in [-0.39, 0.29) is 12.6 Å². The maximum Gasteiger partial charge on any atom is 0.128 e. The topological polar surface area (TPSA) is 23.5 Å². The van der Waals surface area contributed by atoms with E-state index in [9.17, 15) is 8.78 Å². The van der Waals surface area contributed by atoms with E-state index in [1.165, 1.54) is 6.07 Å². The van der Waals surface area contributed by atoms with Gasteiger partial charge in [0.05, 0.1) is 0 Å². The summed E-state index contributed by atoms with van der Waals surface area (Å²) in [5.41, 5.74) is 0.348. The minimum Gasteiger partial charge on any atom is -0.396 e. The summed E-state index contributed by atoms with van der Waals surface area (Å²) in [6, 6.07) is 3.26. The molecule has 1 aromatic rings. The minimum atomic E-state index is -0.432. The molecule has 0 fully saturated rings. The van der Waals surface area contributed by atoms with Crippen LogP contribution in [0.4, 0.5) is 8.78 Å². The first-order valence-corrected chi connectivity index (χ1v) is 5.32. The lowest BCUT2D eigenvalue weighted by Crippen LogP contribution is -2.25. The molecular formula is C12H17F2NO. The Hall–Kier alpha value is -1.00. The summed E-state index contributed by atoms with van der Waals surface area (Å²) in [4.78, 5) is 1.88. The second-order valence-electron chi connectivity index (χ2n) is 3.90. The maximum absolute atomic E-state index is 13.5. The molecule has 0 heterocycles. The van der Waals surface area contributed by atoms with Gasteiger partial charge in [0, 0.05) is 24.8 Å². The highest BCUT2D eigenvalue weighted by Gasteiger charge is 2.15. The first-order valence-electron chi connectivity index (χ1n) is 5.32. The van der Waals surface area contributed by atoms with Crippen LogP contribution in [0.25, 0.3) is 0 Å². The molecule has 0 spiro atoms. The van der Waals surface area contributed by atoms with Crippen LogP contribution < -0.4 is 0 Å². The summed E-state index contributed by atoms with van der Waals surface area (Å²) in [5, 5.41) is 8.71. The zero-order chi connectivity index (χ0) is 12.1. The van der Waals surface area contributed by atoms with Crippen molar-refractivity contribution in [3.8, 4) is 0 Å². The summed E-state index contributed by atoms with van der Waals surface area (Å²) in [6.45, 7) is 2.56. The highest BCUT2D eigenvalue weighted by molar-refractivity contribution is 5.21. The van der Waals surface area contributed by atoms with E-state index >= 15 is 0 Å². The Bertz CT molecular complexity index is 344. The molecule has 0 aliphatic heterocycles. The lowest BCUT2D eigenvalue weighted by Gasteiger charge is -2.25. The molecule has 1 atom stereocenters. The number of benzene rings is 1. The Morgan fingerprint density at radius 1 is 1.38 bits per heavy atom. The Morgan fingerprint density at radius 2 is 2.06 bits per heavy atom. The summed E-state index contributed by atoms with van der Waals surface area (Å²) >= 11 is 0. The quantitative estimate of drug-likeness (QED) is 0.837. The Labute approximate surface area is 94.5 Å². The number of aliphatic hydroxyl groups excluding tert-OH is 1. The summed E-state index contributed by atoms with van der Waals surface area (Å²) in [7, 11) is 1.82. The van der Waals surface area contributed by atoms with E-state index in [0.717, 1.165) is 12.1 Å². The SMILES string of the molecule is CC(c1cc(F)ccc1F)N(C)CCCO. The molecule has 0 amide bonds. The van der Waals surface area contributed by atoms with Crippen molar-refractivity contribution in [2.45, 2.75) is 19.4 Å². The number of halogens is 2. The average molecular weight is 229 g/mol. The van der Waals surface area contributed by atoms with Gasteiger partial charge in [0.2, 0.25) is 0 Å². The van der Waals surface area contributed by atoms with Crippen LogP contribution in [-0.2, 0) is 0 Å². The van der Waals surface area contributed by atoms with Gasteiger partial charge < -0.3 is 5.11 Å². The predicted molar refractivity (Wildman–Crippen MR) is 59.1 cm³/mol. The normalized spacial score (nSPS) is 13.1. The van der Waals surface area contributed by atoms with Crippen molar-refractivity contribution < 1.29 is 13.9 Å². The van der Waals surface area contributed by atoms with E-state index in [0.29, 0.717) is 18.5 Å². The van der Waals surface area contributed by atoms with Gasteiger partial charge in [-0.05, 0) is 38.6 Å². The van der Waals surface area contributed by atoms with E-state index < -0.39 is 11.6 Å². The lowest BCUT2D eigenvalue weighted by atomic mass is 10.1. The Morgan fingerprint density at radius 3 is 2.69 bits per heavy atom. The zero-order valence-corrected chi connectivity index (χ0v) is 9.58. The van der Waals surface area contributed by atoms with Crippen LogP contribution in [-0.4, -0.2) is 30.2 Å². The highest BCUT2D eigenvalue weighted by atomic mass is 19.1. The van der Waals surface area contributed by atoms with Gasteiger partial charge in [-0.2, -0.15) is 0 Å². The van der Waals surface area contributed by atoms with Gasteiger partial charge in [-0.3, -0.25) is 4.90 Å². The molecule has 90 valence electrons. The van der Waals surface area contributed by atoms with Crippen molar-refractivity contribution in [3.63, 3.8) is 0 Å². The first-order chi connectivity index (χ1) is 7.56. The fraction of sp³-hybridized carbons (Fsp3) is 0.500. The van der Waals surface area contributed by atoms with Crippen molar-refractivity contribution in [2.75, 3.05) is 20.2 Å². The van der Waals surface area contributed by atoms with Gasteiger partial charge in [0.1, 0.15) is 11.6 Å². The van der Waals surface area contributed by atoms with Crippen LogP contribution in [0.3, 0.4) is 0 Å². The molecule has 1 rings (SSSR count). The average Bonchev–Trinajstić information content (AvgIpc) is 2.28. The van der Waals surface area contributed by atoms with Gasteiger partial charge in [-0.25, -0.2) is 8.78 Å². The second-order valence-corrected chi connectivity index (χ2v) is 3.90. The van der Waals surface area contributed by atoms with Crippen molar-refractivity contribution in [1.29, 1.82) is 0 Å². The van der Waals surface area contributed by atoms with E-state index in [2.05, 4.69) is 0 Å². The fourth-order valence-electron chi connectivity index (χ4n) is 1.59. The third-order valence-electron chi connectivity index (χ3n) is 2.74. The third-order valence-corrected chi connectivity index (χ3v) is 2.74. The molecule has 0 bridgehead atoms. The molecule has 0 saturated carbocycles. The van der Waals surface area contributed by atoms with Crippen LogP contribution in [0.15, 0.2) is 18.2 Å². The minimum absolute atomic E-state index is 0.0999. The summed E-state index contributed by atoms with van der Waals surface area (Å²) in [6.07, 6.45) is 0.623. The molecule has 0 aromatic heterocycles. The molecule has 0 saturated heterocycles. The lowest BCUT2D eigenvalue weighted by molar-refractivity contribution is 0.214. The monoisotopic (exact) mass is 229 g/mol. The molecule has 1 aromatic carbocycles. The van der Waals surface area contributed by atoms with Crippen molar-refractivity contribution in [3.05, 3.63) is 35.4 Å². The van der Waals surface area contributed by atoms with Gasteiger partial charge in [-0.15, -0.1) is 0 Å². The van der Waals surface area contributed by atoms with Gasteiger partial charge in [0.15, 0.2) is 0 Å². The number of rotatable bonds is 5. The van der Waals surface area contributed by atoms with Gasteiger partial charge >= 0.3 is 0 Å². The van der Waals surface area contributed by atoms with Gasteiger partial charge in [0.25, 0.3) is 0 Å². The van der Waals surface area contributed by atoms with Crippen molar-refractivity contribution >= 4 is 0 Å². The molecule has 2 nitrogen and oxygen atoms in total. The summed E-state index contributed by atoms with van der Waals surface area (Å²) in [5.74, 6) is -0.830. The molecule has 16 heavy (non-hydrogen) atoms.